The van der Waals surface area contributed by atoms with Crippen molar-refractivity contribution in [3.05, 3.63) is 52.6 Å². The average Bonchev–Trinajstić information content (AvgIpc) is 3.04. The first kappa shape index (κ1) is 20.1. The average molecular weight is 399 g/mol. The zero-order valence-electron chi connectivity index (χ0n) is 17.5. The zero-order chi connectivity index (χ0) is 20.4. The Kier molecular flexibility index (Phi) is 5.99. The van der Waals surface area contributed by atoms with Crippen LogP contribution in [0, 0.1) is 18.7 Å². The molecule has 1 aromatic heterocycles. The lowest BCUT2D eigenvalue weighted by molar-refractivity contribution is -0.133. The van der Waals surface area contributed by atoms with Crippen molar-refractivity contribution in [2.75, 3.05) is 13.1 Å². The first-order valence-corrected chi connectivity index (χ1v) is 10.8. The molecule has 0 saturated carbocycles. The Bertz CT molecular complexity index is 861. The van der Waals surface area contributed by atoms with Crippen molar-refractivity contribution in [1.29, 1.82) is 0 Å². The smallest absolute Gasteiger partial charge is 0.223 e. The molecule has 4 rings (SSSR count). The Labute approximate surface area is 172 Å². The van der Waals surface area contributed by atoms with Gasteiger partial charge in [0.05, 0.1) is 24.5 Å². The molecule has 1 N–H and O–H groups in total. The Morgan fingerprint density at radius 3 is 2.86 bits per heavy atom. The van der Waals surface area contributed by atoms with Crippen molar-refractivity contribution in [3.63, 3.8) is 0 Å². The highest BCUT2D eigenvalue weighted by atomic mass is 19.1. The minimum Gasteiger partial charge on any atom is -0.336 e. The van der Waals surface area contributed by atoms with Crippen LogP contribution in [-0.4, -0.2) is 39.7 Å². The molecule has 2 aromatic rings. The van der Waals surface area contributed by atoms with Gasteiger partial charge in [0.2, 0.25) is 5.91 Å². The van der Waals surface area contributed by atoms with Gasteiger partial charge in [-0.05, 0) is 68.3 Å². The molecule has 1 aromatic carbocycles. The van der Waals surface area contributed by atoms with Gasteiger partial charge in [-0.2, -0.15) is 5.10 Å². The van der Waals surface area contributed by atoms with Gasteiger partial charge in [0.25, 0.3) is 0 Å². The lowest BCUT2D eigenvalue weighted by Crippen LogP contribution is -2.41. The van der Waals surface area contributed by atoms with Crippen LogP contribution in [0.5, 0.6) is 0 Å². The summed E-state index contributed by atoms with van der Waals surface area (Å²) in [7, 11) is 0. The van der Waals surface area contributed by atoms with E-state index in [2.05, 4.69) is 12.2 Å². The van der Waals surface area contributed by atoms with Gasteiger partial charge in [-0.3, -0.25) is 9.48 Å². The van der Waals surface area contributed by atoms with Crippen LogP contribution in [-0.2, 0) is 24.3 Å². The molecular weight excluding hydrogens is 367 g/mol. The highest BCUT2D eigenvalue weighted by Crippen LogP contribution is 2.26. The first-order valence-electron chi connectivity index (χ1n) is 10.8. The van der Waals surface area contributed by atoms with Crippen LogP contribution in [0.1, 0.15) is 55.1 Å². The van der Waals surface area contributed by atoms with Crippen LogP contribution >= 0.6 is 0 Å². The number of aryl methyl sites for hydroxylation is 1. The fraction of sp³-hybridized carbons (Fsp3) is 0.565. The van der Waals surface area contributed by atoms with Gasteiger partial charge in [-0.1, -0.05) is 19.1 Å². The van der Waals surface area contributed by atoms with Crippen molar-refractivity contribution >= 4 is 5.91 Å². The lowest BCUT2D eigenvalue weighted by Gasteiger charge is -2.33. The summed E-state index contributed by atoms with van der Waals surface area (Å²) in [6.45, 7) is 7.26. The predicted molar refractivity (Wildman–Crippen MR) is 111 cm³/mol. The number of hydrogen-bond acceptors (Lipinski definition) is 3. The van der Waals surface area contributed by atoms with Crippen LogP contribution in [0.15, 0.2) is 24.3 Å². The van der Waals surface area contributed by atoms with Crippen molar-refractivity contribution in [1.82, 2.24) is 20.0 Å². The number of piperidine rings is 1. The van der Waals surface area contributed by atoms with Crippen molar-refractivity contribution in [3.8, 4) is 0 Å². The number of carbonyl (C=O) groups is 1. The Hall–Kier alpha value is -2.21. The second-order valence-electron chi connectivity index (χ2n) is 8.51. The number of amides is 1. The number of nitrogens with one attached hydrogen (secondary N) is 1. The van der Waals surface area contributed by atoms with E-state index in [0.717, 1.165) is 55.7 Å². The topological polar surface area (TPSA) is 50.2 Å². The SMILES string of the molecule is CCC1CC(CC(=O)N2CCc3c(C)nn(Cc4ccc(F)cc4)c3C2)CCN1. The third kappa shape index (κ3) is 4.53. The summed E-state index contributed by atoms with van der Waals surface area (Å²) in [6.07, 6.45) is 4.82. The minimum atomic E-state index is -0.229. The molecule has 6 heteroatoms. The molecule has 2 atom stereocenters. The molecule has 1 fully saturated rings. The first-order chi connectivity index (χ1) is 14.0. The molecule has 0 spiro atoms. The molecule has 156 valence electrons. The number of halogens is 1. The molecule has 0 radical (unpaired) electrons. The Morgan fingerprint density at radius 1 is 1.31 bits per heavy atom. The number of hydrogen-bond donors (Lipinski definition) is 1. The monoisotopic (exact) mass is 398 g/mol. The molecular formula is C23H31FN4O. The fourth-order valence-electron chi connectivity index (χ4n) is 4.75. The van der Waals surface area contributed by atoms with Crippen LogP contribution in [0.2, 0.25) is 0 Å². The Morgan fingerprint density at radius 2 is 2.10 bits per heavy atom. The molecule has 2 aliphatic rings. The number of fused-ring (bicyclic) bond motifs is 1. The van der Waals surface area contributed by atoms with Crippen molar-refractivity contribution in [2.24, 2.45) is 5.92 Å². The normalized spacial score (nSPS) is 21.8. The fourth-order valence-corrected chi connectivity index (χ4v) is 4.75. The molecule has 2 aliphatic heterocycles. The Balaban J connectivity index is 1.44. The maximum atomic E-state index is 13.2. The van der Waals surface area contributed by atoms with Crippen LogP contribution in [0.4, 0.5) is 4.39 Å². The molecule has 3 heterocycles. The van der Waals surface area contributed by atoms with E-state index in [1.165, 1.54) is 17.7 Å². The van der Waals surface area contributed by atoms with Gasteiger partial charge in [-0.15, -0.1) is 0 Å². The zero-order valence-corrected chi connectivity index (χ0v) is 17.5. The maximum absolute atomic E-state index is 13.2. The summed E-state index contributed by atoms with van der Waals surface area (Å²) in [5, 5.41) is 8.26. The second kappa shape index (κ2) is 8.66. The van der Waals surface area contributed by atoms with Crippen molar-refractivity contribution in [2.45, 2.75) is 65.1 Å². The lowest BCUT2D eigenvalue weighted by atomic mass is 9.88. The predicted octanol–water partition coefficient (Wildman–Crippen LogP) is 3.43. The summed E-state index contributed by atoms with van der Waals surface area (Å²) in [4.78, 5) is 15.0. The van der Waals surface area contributed by atoms with Gasteiger partial charge in [0.15, 0.2) is 0 Å². The van der Waals surface area contributed by atoms with E-state index in [0.29, 0.717) is 31.5 Å². The largest absolute Gasteiger partial charge is 0.336 e. The molecule has 1 amide bonds. The van der Waals surface area contributed by atoms with E-state index in [1.807, 2.05) is 16.5 Å². The van der Waals surface area contributed by atoms with E-state index in [-0.39, 0.29) is 11.7 Å². The summed E-state index contributed by atoms with van der Waals surface area (Å²) < 4.78 is 15.2. The highest BCUT2D eigenvalue weighted by molar-refractivity contribution is 5.76. The maximum Gasteiger partial charge on any atom is 0.223 e. The molecule has 1 saturated heterocycles. The van der Waals surface area contributed by atoms with Gasteiger partial charge < -0.3 is 10.2 Å². The number of benzene rings is 1. The van der Waals surface area contributed by atoms with E-state index >= 15 is 0 Å². The van der Waals surface area contributed by atoms with E-state index in [9.17, 15) is 9.18 Å². The molecule has 5 nitrogen and oxygen atoms in total. The molecule has 2 unspecified atom stereocenters. The second-order valence-corrected chi connectivity index (χ2v) is 8.51. The van der Waals surface area contributed by atoms with Gasteiger partial charge >= 0.3 is 0 Å². The highest BCUT2D eigenvalue weighted by Gasteiger charge is 2.29. The van der Waals surface area contributed by atoms with E-state index in [4.69, 9.17) is 5.10 Å². The molecule has 0 aliphatic carbocycles. The standard InChI is InChI=1S/C23H31FN4O/c1-3-20-12-18(8-10-25-20)13-23(29)27-11-9-21-16(2)26-28(22(21)15-27)14-17-4-6-19(24)7-5-17/h4-7,18,20,25H,3,8-15H2,1-2H3. The number of aromatic nitrogens is 2. The number of nitrogens with zero attached hydrogens (tertiary/aromatic N) is 3. The molecule has 0 bridgehead atoms. The summed E-state index contributed by atoms with van der Waals surface area (Å²) in [5.41, 5.74) is 4.45. The van der Waals surface area contributed by atoms with Gasteiger partial charge in [0, 0.05) is 19.0 Å². The van der Waals surface area contributed by atoms with Crippen LogP contribution in [0.25, 0.3) is 0 Å². The molecule has 29 heavy (non-hydrogen) atoms. The summed E-state index contributed by atoms with van der Waals surface area (Å²) in [6, 6.07) is 7.11. The number of carbonyl (C=O) groups excluding carboxylic acids is 1. The van der Waals surface area contributed by atoms with Gasteiger partial charge in [-0.25, -0.2) is 4.39 Å². The van der Waals surface area contributed by atoms with Gasteiger partial charge in [0.1, 0.15) is 5.82 Å². The third-order valence-electron chi connectivity index (χ3n) is 6.50. The van der Waals surface area contributed by atoms with Crippen molar-refractivity contribution < 1.29 is 9.18 Å². The van der Waals surface area contributed by atoms with Crippen LogP contribution < -0.4 is 5.32 Å². The summed E-state index contributed by atoms with van der Waals surface area (Å²) >= 11 is 0. The summed E-state index contributed by atoms with van der Waals surface area (Å²) in [5.74, 6) is 0.526. The van der Waals surface area contributed by atoms with E-state index in [1.54, 1.807) is 12.1 Å². The van der Waals surface area contributed by atoms with E-state index < -0.39 is 0 Å². The third-order valence-corrected chi connectivity index (χ3v) is 6.50. The quantitative estimate of drug-likeness (QED) is 0.840. The number of rotatable bonds is 5. The van der Waals surface area contributed by atoms with Crippen LogP contribution in [0.3, 0.4) is 0 Å². The minimum absolute atomic E-state index is 0.229.